The van der Waals surface area contributed by atoms with Crippen LogP contribution >= 0.6 is 11.8 Å². The fourth-order valence-electron chi connectivity index (χ4n) is 2.39. The number of ether oxygens (including phenoxy) is 1. The SMILES string of the molecule is CCOCCCN1C(=O)CSC1c1ccc(NC(C)=O)cc1. The van der Waals surface area contributed by atoms with Gasteiger partial charge in [-0.15, -0.1) is 11.8 Å². The van der Waals surface area contributed by atoms with Crippen molar-refractivity contribution in [1.29, 1.82) is 0 Å². The molecular formula is C16H22N2O3S. The molecule has 0 aromatic heterocycles. The second-order valence-corrected chi connectivity index (χ2v) is 6.17. The Hall–Kier alpha value is -1.53. The van der Waals surface area contributed by atoms with Crippen LogP contribution in [0.1, 0.15) is 31.2 Å². The number of rotatable bonds is 7. The summed E-state index contributed by atoms with van der Waals surface area (Å²) in [5.74, 6) is 0.611. The zero-order valence-electron chi connectivity index (χ0n) is 13.0. The number of carbonyl (C=O) groups is 2. The molecule has 22 heavy (non-hydrogen) atoms. The molecule has 6 heteroatoms. The Kier molecular flexibility index (Phi) is 6.27. The lowest BCUT2D eigenvalue weighted by atomic mass is 10.2. The topological polar surface area (TPSA) is 58.6 Å². The Morgan fingerprint density at radius 3 is 2.77 bits per heavy atom. The highest BCUT2D eigenvalue weighted by atomic mass is 32.2. The van der Waals surface area contributed by atoms with Gasteiger partial charge in [0, 0.05) is 32.4 Å². The monoisotopic (exact) mass is 322 g/mol. The van der Waals surface area contributed by atoms with E-state index < -0.39 is 0 Å². The molecule has 2 amide bonds. The van der Waals surface area contributed by atoms with E-state index in [1.54, 1.807) is 11.8 Å². The molecule has 1 unspecified atom stereocenters. The van der Waals surface area contributed by atoms with Crippen molar-refractivity contribution in [3.63, 3.8) is 0 Å². The molecule has 0 aliphatic carbocycles. The van der Waals surface area contributed by atoms with E-state index in [0.717, 1.165) is 17.7 Å². The van der Waals surface area contributed by atoms with Gasteiger partial charge in [0.25, 0.3) is 0 Å². The molecule has 1 aromatic carbocycles. The van der Waals surface area contributed by atoms with Gasteiger partial charge in [-0.3, -0.25) is 9.59 Å². The molecule has 1 aromatic rings. The summed E-state index contributed by atoms with van der Waals surface area (Å²) in [5, 5.41) is 2.80. The number of amides is 2. The normalized spacial score (nSPS) is 17.8. The maximum Gasteiger partial charge on any atom is 0.233 e. The Bertz CT molecular complexity index is 519. The molecule has 2 rings (SSSR count). The van der Waals surface area contributed by atoms with Crippen LogP contribution in [0.25, 0.3) is 0 Å². The second-order valence-electron chi connectivity index (χ2n) is 5.10. The fraction of sp³-hybridized carbons (Fsp3) is 0.500. The molecule has 0 saturated carbocycles. The molecule has 0 radical (unpaired) electrons. The number of nitrogens with one attached hydrogen (secondary N) is 1. The molecule has 1 aliphatic rings. The molecular weight excluding hydrogens is 300 g/mol. The van der Waals surface area contributed by atoms with Gasteiger partial charge in [-0.1, -0.05) is 12.1 Å². The molecule has 1 fully saturated rings. The summed E-state index contributed by atoms with van der Waals surface area (Å²) < 4.78 is 5.34. The zero-order valence-corrected chi connectivity index (χ0v) is 13.8. The van der Waals surface area contributed by atoms with Crippen LogP contribution in [-0.4, -0.2) is 42.2 Å². The minimum atomic E-state index is -0.0873. The van der Waals surface area contributed by atoms with E-state index in [1.807, 2.05) is 36.1 Å². The van der Waals surface area contributed by atoms with E-state index in [0.29, 0.717) is 25.5 Å². The summed E-state index contributed by atoms with van der Waals surface area (Å²) in [4.78, 5) is 25.0. The molecule has 0 bridgehead atoms. The lowest BCUT2D eigenvalue weighted by Crippen LogP contribution is -2.29. The van der Waals surface area contributed by atoms with Gasteiger partial charge in [0.05, 0.1) is 5.75 Å². The van der Waals surface area contributed by atoms with Gasteiger partial charge in [0.15, 0.2) is 0 Å². The molecule has 0 spiro atoms. The number of benzene rings is 1. The molecule has 1 saturated heterocycles. The van der Waals surface area contributed by atoms with E-state index in [9.17, 15) is 9.59 Å². The summed E-state index contributed by atoms with van der Waals surface area (Å²) in [5.41, 5.74) is 1.86. The first-order chi connectivity index (χ1) is 10.6. The van der Waals surface area contributed by atoms with Gasteiger partial charge < -0.3 is 15.0 Å². The van der Waals surface area contributed by atoms with Crippen molar-refractivity contribution in [2.24, 2.45) is 0 Å². The number of thioether (sulfide) groups is 1. The van der Waals surface area contributed by atoms with Crippen molar-refractivity contribution in [3.05, 3.63) is 29.8 Å². The van der Waals surface area contributed by atoms with Crippen LogP contribution in [0.15, 0.2) is 24.3 Å². The predicted molar refractivity (Wildman–Crippen MR) is 88.8 cm³/mol. The maximum absolute atomic E-state index is 12.0. The van der Waals surface area contributed by atoms with Gasteiger partial charge in [-0.2, -0.15) is 0 Å². The highest BCUT2D eigenvalue weighted by molar-refractivity contribution is 8.00. The number of hydrogen-bond donors (Lipinski definition) is 1. The maximum atomic E-state index is 12.0. The molecule has 5 nitrogen and oxygen atoms in total. The molecule has 1 N–H and O–H groups in total. The first-order valence-electron chi connectivity index (χ1n) is 7.48. The van der Waals surface area contributed by atoms with E-state index in [-0.39, 0.29) is 17.2 Å². The lowest BCUT2D eigenvalue weighted by molar-refractivity contribution is -0.128. The first kappa shape index (κ1) is 16.8. The van der Waals surface area contributed by atoms with Crippen LogP contribution < -0.4 is 5.32 Å². The summed E-state index contributed by atoms with van der Waals surface area (Å²) in [6.45, 7) is 5.55. The number of nitrogens with zero attached hydrogens (tertiary/aromatic N) is 1. The van der Waals surface area contributed by atoms with Crippen molar-refractivity contribution in [1.82, 2.24) is 4.90 Å². The Morgan fingerprint density at radius 1 is 1.41 bits per heavy atom. The van der Waals surface area contributed by atoms with Crippen molar-refractivity contribution >= 4 is 29.3 Å². The quantitative estimate of drug-likeness (QED) is 0.784. The molecule has 1 heterocycles. The van der Waals surface area contributed by atoms with Crippen molar-refractivity contribution in [3.8, 4) is 0 Å². The predicted octanol–water partition coefficient (Wildman–Crippen LogP) is 2.65. The molecule has 1 atom stereocenters. The van der Waals surface area contributed by atoms with E-state index >= 15 is 0 Å². The summed E-state index contributed by atoms with van der Waals surface area (Å²) in [6.07, 6.45) is 0.848. The highest BCUT2D eigenvalue weighted by Gasteiger charge is 2.32. The standard InChI is InChI=1S/C16H22N2O3S/c1-3-21-10-4-9-18-15(20)11-22-16(18)13-5-7-14(8-6-13)17-12(2)19/h5-8,16H,3-4,9-11H2,1-2H3,(H,17,19). The third-order valence-electron chi connectivity index (χ3n) is 3.38. The van der Waals surface area contributed by atoms with Gasteiger partial charge in [0.2, 0.25) is 11.8 Å². The van der Waals surface area contributed by atoms with Crippen LogP contribution in [0.2, 0.25) is 0 Å². The first-order valence-corrected chi connectivity index (χ1v) is 8.53. The van der Waals surface area contributed by atoms with Crippen LogP contribution in [-0.2, 0) is 14.3 Å². The van der Waals surface area contributed by atoms with E-state index in [1.165, 1.54) is 6.92 Å². The fourth-order valence-corrected chi connectivity index (χ4v) is 3.61. The number of hydrogen-bond acceptors (Lipinski definition) is 4. The summed E-state index contributed by atoms with van der Waals surface area (Å²) >= 11 is 1.64. The van der Waals surface area contributed by atoms with Crippen molar-refractivity contribution in [2.45, 2.75) is 25.6 Å². The third-order valence-corrected chi connectivity index (χ3v) is 4.63. The number of carbonyl (C=O) groups excluding carboxylic acids is 2. The summed E-state index contributed by atoms with van der Waals surface area (Å²) in [6, 6.07) is 7.69. The summed E-state index contributed by atoms with van der Waals surface area (Å²) in [7, 11) is 0. The van der Waals surface area contributed by atoms with Gasteiger partial charge >= 0.3 is 0 Å². The van der Waals surface area contributed by atoms with E-state index in [4.69, 9.17) is 4.74 Å². The largest absolute Gasteiger partial charge is 0.382 e. The highest BCUT2D eigenvalue weighted by Crippen LogP contribution is 2.38. The molecule has 1 aliphatic heterocycles. The third kappa shape index (κ3) is 4.48. The van der Waals surface area contributed by atoms with E-state index in [2.05, 4.69) is 5.32 Å². The van der Waals surface area contributed by atoms with Crippen LogP contribution in [0.4, 0.5) is 5.69 Å². The van der Waals surface area contributed by atoms with Crippen LogP contribution in [0.3, 0.4) is 0 Å². The van der Waals surface area contributed by atoms with Gasteiger partial charge in [-0.25, -0.2) is 0 Å². The van der Waals surface area contributed by atoms with Crippen molar-refractivity contribution < 1.29 is 14.3 Å². The zero-order chi connectivity index (χ0) is 15.9. The Labute approximate surface area is 135 Å². The lowest BCUT2D eigenvalue weighted by Gasteiger charge is -2.24. The second kappa shape index (κ2) is 8.19. The Morgan fingerprint density at radius 2 is 2.14 bits per heavy atom. The average molecular weight is 322 g/mol. The van der Waals surface area contributed by atoms with Crippen LogP contribution in [0.5, 0.6) is 0 Å². The van der Waals surface area contributed by atoms with Crippen molar-refractivity contribution in [2.75, 3.05) is 30.8 Å². The minimum absolute atomic E-state index is 0.0560. The minimum Gasteiger partial charge on any atom is -0.382 e. The number of anilines is 1. The smallest absolute Gasteiger partial charge is 0.233 e. The van der Waals surface area contributed by atoms with Crippen LogP contribution in [0, 0.1) is 0 Å². The Balaban J connectivity index is 1.99. The average Bonchev–Trinajstić information content (AvgIpc) is 2.85. The molecule has 120 valence electrons. The van der Waals surface area contributed by atoms with Gasteiger partial charge in [0.1, 0.15) is 5.37 Å². The van der Waals surface area contributed by atoms with Gasteiger partial charge in [-0.05, 0) is 31.0 Å².